The monoisotopic (exact) mass is 327 g/mol. The summed E-state index contributed by atoms with van der Waals surface area (Å²) in [5.74, 6) is 0. The number of rotatable bonds is 0. The van der Waals surface area contributed by atoms with E-state index in [-0.39, 0.29) is 5.43 Å². The highest BCUT2D eigenvalue weighted by molar-refractivity contribution is 5.11. The number of pyridine rings is 1. The van der Waals surface area contributed by atoms with E-state index >= 15 is 0 Å². The standard InChI is InChI=1S/C16H25NO6/c18-16-11-14-1-2-19-3-4-20-5-6-21-7-8-22-9-10-23-13-15(12-16)17-14/h11-12H,1-10,13H2,(H,17,18). The molecule has 0 radical (unpaired) electrons. The molecule has 0 fully saturated rings. The predicted octanol–water partition coefficient (Wildman–Crippen LogP) is 0.514. The molecule has 130 valence electrons. The highest BCUT2D eigenvalue weighted by Crippen LogP contribution is 1.99. The molecule has 1 aliphatic rings. The van der Waals surface area contributed by atoms with Gasteiger partial charge >= 0.3 is 0 Å². The molecule has 7 nitrogen and oxygen atoms in total. The van der Waals surface area contributed by atoms with E-state index in [4.69, 9.17) is 23.7 Å². The van der Waals surface area contributed by atoms with Crippen molar-refractivity contribution in [2.75, 3.05) is 59.5 Å². The van der Waals surface area contributed by atoms with Gasteiger partial charge in [0.25, 0.3) is 0 Å². The van der Waals surface area contributed by atoms with E-state index in [0.29, 0.717) is 72.5 Å². The summed E-state index contributed by atoms with van der Waals surface area (Å²) < 4.78 is 27.2. The Kier molecular flexibility index (Phi) is 8.90. The first-order valence-corrected chi connectivity index (χ1v) is 7.95. The van der Waals surface area contributed by atoms with Gasteiger partial charge in [-0.3, -0.25) is 4.79 Å². The van der Waals surface area contributed by atoms with Gasteiger partial charge in [0.05, 0.1) is 66.1 Å². The first-order valence-electron chi connectivity index (χ1n) is 7.95. The Balaban J connectivity index is 1.83. The number of hydrogen-bond donors (Lipinski definition) is 1. The molecule has 0 amide bonds. The van der Waals surface area contributed by atoms with Crippen molar-refractivity contribution in [1.29, 1.82) is 0 Å². The molecule has 0 unspecified atom stereocenters. The largest absolute Gasteiger partial charge is 0.379 e. The van der Waals surface area contributed by atoms with Crippen LogP contribution in [0, 0.1) is 0 Å². The quantitative estimate of drug-likeness (QED) is 0.748. The van der Waals surface area contributed by atoms with Crippen LogP contribution >= 0.6 is 0 Å². The molecule has 1 N–H and O–H groups in total. The van der Waals surface area contributed by atoms with E-state index in [1.807, 2.05) is 0 Å². The van der Waals surface area contributed by atoms with E-state index in [1.165, 1.54) is 0 Å². The van der Waals surface area contributed by atoms with Crippen LogP contribution in [-0.4, -0.2) is 64.4 Å². The van der Waals surface area contributed by atoms with Crippen LogP contribution < -0.4 is 5.43 Å². The smallest absolute Gasteiger partial charge is 0.182 e. The van der Waals surface area contributed by atoms with Crippen LogP contribution in [0.5, 0.6) is 0 Å². The second-order valence-electron chi connectivity index (χ2n) is 5.12. The number of aromatic nitrogens is 1. The molecule has 2 bridgehead atoms. The summed E-state index contributed by atoms with van der Waals surface area (Å²) >= 11 is 0. The minimum atomic E-state index is -0.0278. The Morgan fingerprint density at radius 2 is 1.13 bits per heavy atom. The first kappa shape index (κ1) is 18.1. The summed E-state index contributed by atoms with van der Waals surface area (Å²) in [5, 5.41) is 0. The fourth-order valence-corrected chi connectivity index (χ4v) is 2.12. The van der Waals surface area contributed by atoms with Crippen molar-refractivity contribution in [3.05, 3.63) is 33.7 Å². The maximum absolute atomic E-state index is 11.7. The number of fused-ring (bicyclic) bond motifs is 2. The van der Waals surface area contributed by atoms with Gasteiger partial charge in [0.2, 0.25) is 0 Å². The lowest BCUT2D eigenvalue weighted by Crippen LogP contribution is -2.13. The third-order valence-corrected chi connectivity index (χ3v) is 3.22. The van der Waals surface area contributed by atoms with Gasteiger partial charge in [-0.1, -0.05) is 0 Å². The molecule has 0 saturated carbocycles. The molecule has 1 aromatic rings. The van der Waals surface area contributed by atoms with E-state index in [0.717, 1.165) is 11.4 Å². The Bertz CT molecular complexity index is 450. The fourth-order valence-electron chi connectivity index (χ4n) is 2.12. The summed E-state index contributed by atoms with van der Waals surface area (Å²) in [6.45, 7) is 5.07. The lowest BCUT2D eigenvalue weighted by molar-refractivity contribution is -0.0121. The van der Waals surface area contributed by atoms with Crippen molar-refractivity contribution < 1.29 is 23.7 Å². The van der Waals surface area contributed by atoms with Gasteiger partial charge in [0.1, 0.15) is 0 Å². The summed E-state index contributed by atoms with van der Waals surface area (Å²) in [7, 11) is 0. The molecular formula is C16H25NO6. The molecule has 0 spiro atoms. The van der Waals surface area contributed by atoms with Gasteiger partial charge in [0.15, 0.2) is 5.43 Å². The van der Waals surface area contributed by atoms with Crippen LogP contribution in [0.3, 0.4) is 0 Å². The van der Waals surface area contributed by atoms with E-state index in [2.05, 4.69) is 4.98 Å². The second kappa shape index (κ2) is 11.3. The van der Waals surface area contributed by atoms with Crippen LogP contribution in [-0.2, 0) is 36.7 Å². The zero-order chi connectivity index (χ0) is 16.2. The van der Waals surface area contributed by atoms with Gasteiger partial charge in [-0.25, -0.2) is 0 Å². The van der Waals surface area contributed by atoms with E-state index < -0.39 is 0 Å². The lowest BCUT2D eigenvalue weighted by atomic mass is 10.2. The van der Waals surface area contributed by atoms with Gasteiger partial charge in [0, 0.05) is 29.9 Å². The van der Waals surface area contributed by atoms with Gasteiger partial charge in [-0.05, 0) is 0 Å². The van der Waals surface area contributed by atoms with Crippen molar-refractivity contribution >= 4 is 0 Å². The van der Waals surface area contributed by atoms with Gasteiger partial charge < -0.3 is 28.7 Å². The van der Waals surface area contributed by atoms with Crippen molar-refractivity contribution in [3.8, 4) is 0 Å². The maximum atomic E-state index is 11.7. The van der Waals surface area contributed by atoms with Gasteiger partial charge in [-0.2, -0.15) is 0 Å². The number of hydrogen-bond acceptors (Lipinski definition) is 6. The Morgan fingerprint density at radius 1 is 0.652 bits per heavy atom. The van der Waals surface area contributed by atoms with Crippen LogP contribution in [0.4, 0.5) is 0 Å². The summed E-state index contributed by atoms with van der Waals surface area (Å²) in [4.78, 5) is 14.9. The van der Waals surface area contributed by atoms with Crippen molar-refractivity contribution in [1.82, 2.24) is 4.98 Å². The Morgan fingerprint density at radius 3 is 1.74 bits per heavy atom. The highest BCUT2D eigenvalue weighted by atomic mass is 16.6. The summed E-state index contributed by atoms with van der Waals surface area (Å²) in [6.07, 6.45) is 0.648. The second-order valence-corrected chi connectivity index (χ2v) is 5.12. The molecule has 1 aliphatic heterocycles. The number of H-pyrrole nitrogens is 1. The predicted molar refractivity (Wildman–Crippen MR) is 83.7 cm³/mol. The molecule has 2 rings (SSSR count). The lowest BCUT2D eigenvalue weighted by Gasteiger charge is -2.08. The van der Waals surface area contributed by atoms with Crippen molar-refractivity contribution in [2.24, 2.45) is 0 Å². The average molecular weight is 327 g/mol. The minimum absolute atomic E-state index is 0.0278. The summed E-state index contributed by atoms with van der Waals surface area (Å²) in [6, 6.07) is 3.14. The minimum Gasteiger partial charge on any atom is -0.379 e. The third kappa shape index (κ3) is 8.24. The normalized spacial score (nSPS) is 20.2. The molecule has 7 heteroatoms. The Hall–Kier alpha value is -1.25. The van der Waals surface area contributed by atoms with E-state index in [1.54, 1.807) is 12.1 Å². The SMILES string of the molecule is O=c1cc2[nH]c(c1)COCCOCCOCCOCCOCC2. The van der Waals surface area contributed by atoms with Crippen molar-refractivity contribution in [3.63, 3.8) is 0 Å². The van der Waals surface area contributed by atoms with Gasteiger partial charge in [-0.15, -0.1) is 0 Å². The fraction of sp³-hybridized carbons (Fsp3) is 0.688. The topological polar surface area (TPSA) is 79.0 Å². The number of nitrogens with one attached hydrogen (secondary N) is 1. The summed E-state index contributed by atoms with van der Waals surface area (Å²) in [5.41, 5.74) is 1.58. The van der Waals surface area contributed by atoms with Crippen LogP contribution in [0.25, 0.3) is 0 Å². The van der Waals surface area contributed by atoms with Crippen LogP contribution in [0.15, 0.2) is 16.9 Å². The van der Waals surface area contributed by atoms with Crippen LogP contribution in [0.1, 0.15) is 11.4 Å². The molecule has 2 heterocycles. The Labute approximate surface area is 135 Å². The first-order chi connectivity index (χ1) is 11.3. The average Bonchev–Trinajstić information content (AvgIpc) is 2.53. The number of aromatic amines is 1. The molecule has 0 aliphatic carbocycles. The molecule has 23 heavy (non-hydrogen) atoms. The zero-order valence-corrected chi connectivity index (χ0v) is 13.4. The molecule has 1 aromatic heterocycles. The molecule has 0 saturated heterocycles. The van der Waals surface area contributed by atoms with Crippen molar-refractivity contribution in [2.45, 2.75) is 13.0 Å². The molecule has 0 atom stereocenters. The van der Waals surface area contributed by atoms with E-state index in [9.17, 15) is 4.79 Å². The third-order valence-electron chi connectivity index (χ3n) is 3.22. The highest BCUT2D eigenvalue weighted by Gasteiger charge is 2.01. The maximum Gasteiger partial charge on any atom is 0.182 e. The van der Waals surface area contributed by atoms with Crippen LogP contribution in [0.2, 0.25) is 0 Å². The number of ether oxygens (including phenoxy) is 5. The zero-order valence-electron chi connectivity index (χ0n) is 13.4. The molecular weight excluding hydrogens is 302 g/mol. The molecule has 0 aromatic carbocycles.